The smallest absolute Gasteiger partial charge is 0.310 e. The fourth-order valence-electron chi connectivity index (χ4n) is 3.21. The van der Waals surface area contributed by atoms with Gasteiger partial charge in [-0.3, -0.25) is 14.3 Å². The first-order valence-electron chi connectivity index (χ1n) is 9.24. The number of thiazole rings is 2. The largest absolute Gasteiger partial charge is 0.396 e. The van der Waals surface area contributed by atoms with Gasteiger partial charge in [0.25, 0.3) is 0 Å². The number of methoxy groups -OCH3 is 1. The fraction of sp³-hybridized carbons (Fsp3) is 0.286. The number of hydrogen-bond donors (Lipinski definition) is 1. The third-order valence-corrected chi connectivity index (χ3v) is 6.69. The lowest BCUT2D eigenvalue weighted by Crippen LogP contribution is -2.13. The molecule has 0 aliphatic heterocycles. The second kappa shape index (κ2) is 8.54. The molecule has 150 valence electrons. The molecule has 29 heavy (non-hydrogen) atoms. The van der Waals surface area contributed by atoms with Crippen LogP contribution in [0.3, 0.4) is 0 Å². The second-order valence-corrected chi connectivity index (χ2v) is 8.62. The van der Waals surface area contributed by atoms with E-state index < -0.39 is 0 Å². The van der Waals surface area contributed by atoms with Crippen molar-refractivity contribution in [1.82, 2.24) is 14.5 Å². The van der Waals surface area contributed by atoms with Crippen LogP contribution in [0.1, 0.15) is 29.7 Å². The van der Waals surface area contributed by atoms with Crippen molar-refractivity contribution in [2.75, 3.05) is 13.7 Å². The third-order valence-electron chi connectivity index (χ3n) is 4.86. The Morgan fingerprint density at radius 1 is 1.28 bits per heavy atom. The van der Waals surface area contributed by atoms with E-state index in [1.165, 1.54) is 11.3 Å². The molecule has 6 nitrogen and oxygen atoms in total. The summed E-state index contributed by atoms with van der Waals surface area (Å²) in [6.45, 7) is 2.49. The molecule has 0 aliphatic rings. The highest BCUT2D eigenvalue weighted by atomic mass is 32.1. The first-order valence-corrected chi connectivity index (χ1v) is 10.9. The van der Waals surface area contributed by atoms with Crippen molar-refractivity contribution in [1.29, 1.82) is 0 Å². The van der Waals surface area contributed by atoms with Gasteiger partial charge < -0.3 is 9.84 Å². The van der Waals surface area contributed by atoms with Crippen molar-refractivity contribution < 1.29 is 9.84 Å². The Labute approximate surface area is 176 Å². The number of aromatic nitrogens is 3. The monoisotopic (exact) mass is 427 g/mol. The number of ether oxygens (including phenoxy) is 1. The molecule has 1 atom stereocenters. The molecule has 0 bridgehead atoms. The summed E-state index contributed by atoms with van der Waals surface area (Å²) < 4.78 is 7.72. The highest BCUT2D eigenvalue weighted by Gasteiger charge is 2.16. The molecular weight excluding hydrogens is 406 g/mol. The van der Waals surface area contributed by atoms with Gasteiger partial charge in [0.05, 0.1) is 21.6 Å². The van der Waals surface area contributed by atoms with Gasteiger partial charge in [0, 0.05) is 31.2 Å². The van der Waals surface area contributed by atoms with Crippen molar-refractivity contribution in [3.63, 3.8) is 0 Å². The molecular formula is C21H21N3O3S2. The second-order valence-electron chi connectivity index (χ2n) is 6.77. The minimum atomic E-state index is -0.0154. The molecule has 0 amide bonds. The van der Waals surface area contributed by atoms with Crippen LogP contribution in [0.15, 0.2) is 46.7 Å². The van der Waals surface area contributed by atoms with Crippen LogP contribution in [0.25, 0.3) is 20.9 Å². The predicted octanol–water partition coefficient (Wildman–Crippen LogP) is 3.87. The van der Waals surface area contributed by atoms with Gasteiger partial charge in [0.1, 0.15) is 11.7 Å². The molecule has 0 radical (unpaired) electrons. The molecule has 8 heteroatoms. The van der Waals surface area contributed by atoms with Gasteiger partial charge in [-0.1, -0.05) is 30.4 Å². The molecule has 0 saturated carbocycles. The van der Waals surface area contributed by atoms with E-state index in [4.69, 9.17) is 14.8 Å². The van der Waals surface area contributed by atoms with Crippen molar-refractivity contribution >= 4 is 32.9 Å². The molecule has 0 saturated heterocycles. The fourth-order valence-corrected chi connectivity index (χ4v) is 5.02. The normalized spacial score (nSPS) is 12.5. The van der Waals surface area contributed by atoms with Crippen LogP contribution in [-0.4, -0.2) is 33.4 Å². The summed E-state index contributed by atoms with van der Waals surface area (Å²) in [7, 11) is 1.58. The number of nitrogens with zero attached hydrogens (tertiary/aromatic N) is 3. The minimum absolute atomic E-state index is 0.0154. The Hall–Kier alpha value is -2.39. The molecule has 0 aliphatic carbocycles. The Balaban J connectivity index is 1.60. The Morgan fingerprint density at radius 3 is 2.86 bits per heavy atom. The third kappa shape index (κ3) is 4.02. The molecule has 0 fully saturated rings. The molecule has 3 aromatic heterocycles. The van der Waals surface area contributed by atoms with Crippen LogP contribution in [0.5, 0.6) is 0 Å². The lowest BCUT2D eigenvalue weighted by Gasteiger charge is -2.10. The van der Waals surface area contributed by atoms with E-state index in [1.54, 1.807) is 29.2 Å². The van der Waals surface area contributed by atoms with Crippen LogP contribution in [0.2, 0.25) is 0 Å². The summed E-state index contributed by atoms with van der Waals surface area (Å²) in [4.78, 5) is 21.4. The van der Waals surface area contributed by atoms with Gasteiger partial charge >= 0.3 is 4.87 Å². The Morgan fingerprint density at radius 2 is 2.14 bits per heavy atom. The molecule has 1 N–H and O–H groups in total. The topological polar surface area (TPSA) is 77.2 Å². The Kier molecular flexibility index (Phi) is 5.86. The highest BCUT2D eigenvalue weighted by Crippen LogP contribution is 2.31. The number of aliphatic hydroxyl groups excluding tert-OH is 1. The number of fused-ring (bicyclic) bond motifs is 1. The molecule has 0 spiro atoms. The van der Waals surface area contributed by atoms with Gasteiger partial charge in [-0.15, -0.1) is 11.3 Å². The van der Waals surface area contributed by atoms with E-state index in [2.05, 4.69) is 23.4 Å². The van der Waals surface area contributed by atoms with Gasteiger partial charge in [-0.25, -0.2) is 4.98 Å². The lowest BCUT2D eigenvalue weighted by molar-refractivity contribution is 0.133. The quantitative estimate of drug-likeness (QED) is 0.484. The van der Waals surface area contributed by atoms with E-state index in [1.807, 2.05) is 24.3 Å². The average Bonchev–Trinajstić information content (AvgIpc) is 3.33. The first-order chi connectivity index (χ1) is 14.1. The van der Waals surface area contributed by atoms with Crippen LogP contribution in [0, 0.1) is 0 Å². The van der Waals surface area contributed by atoms with E-state index in [0.717, 1.165) is 37.7 Å². The summed E-state index contributed by atoms with van der Waals surface area (Å²) in [6, 6.07) is 10.0. The number of benzene rings is 1. The number of aliphatic hydroxyl groups is 1. The van der Waals surface area contributed by atoms with Crippen molar-refractivity contribution in [3.8, 4) is 10.7 Å². The van der Waals surface area contributed by atoms with E-state index >= 15 is 0 Å². The average molecular weight is 428 g/mol. The molecule has 3 heterocycles. The van der Waals surface area contributed by atoms with Crippen molar-refractivity contribution in [3.05, 3.63) is 68.4 Å². The number of pyridine rings is 1. The van der Waals surface area contributed by atoms with Crippen LogP contribution >= 0.6 is 22.7 Å². The standard InChI is InChI=1S/C21H21N3O3S2/c1-13(15-4-6-18-19(9-15)29-21(26)24(18)12-27-2)17-11-28-20(23-17)16-5-3-14(7-8-25)10-22-16/h3-6,9-11,13,25H,7-8,12H2,1-2H3. The summed E-state index contributed by atoms with van der Waals surface area (Å²) in [6.07, 6.45) is 2.39. The van der Waals surface area contributed by atoms with Gasteiger partial charge in [-0.2, -0.15) is 0 Å². The SMILES string of the molecule is COCn1c(=O)sc2cc(C(C)c3csc(-c4ccc(CCO)cn4)n3)ccc21. The van der Waals surface area contributed by atoms with E-state index in [-0.39, 0.29) is 24.1 Å². The zero-order valence-corrected chi connectivity index (χ0v) is 17.8. The lowest BCUT2D eigenvalue weighted by atomic mass is 9.98. The highest BCUT2D eigenvalue weighted by molar-refractivity contribution is 7.16. The summed E-state index contributed by atoms with van der Waals surface area (Å²) in [5.74, 6) is 0.103. The molecule has 4 rings (SSSR count). The van der Waals surface area contributed by atoms with E-state index in [0.29, 0.717) is 6.42 Å². The molecule has 1 aromatic carbocycles. The molecule has 4 aromatic rings. The summed E-state index contributed by atoms with van der Waals surface area (Å²) in [5.41, 5.74) is 4.83. The van der Waals surface area contributed by atoms with Gasteiger partial charge in [0.2, 0.25) is 0 Å². The maximum Gasteiger partial charge on any atom is 0.310 e. The zero-order chi connectivity index (χ0) is 20.4. The predicted molar refractivity (Wildman–Crippen MR) is 117 cm³/mol. The minimum Gasteiger partial charge on any atom is -0.396 e. The maximum absolute atomic E-state index is 12.2. The van der Waals surface area contributed by atoms with E-state index in [9.17, 15) is 4.79 Å². The first kappa shape index (κ1) is 19.9. The number of hydrogen-bond acceptors (Lipinski definition) is 7. The molecule has 1 unspecified atom stereocenters. The van der Waals surface area contributed by atoms with Gasteiger partial charge in [0.15, 0.2) is 0 Å². The van der Waals surface area contributed by atoms with Crippen LogP contribution in [-0.2, 0) is 17.9 Å². The van der Waals surface area contributed by atoms with Crippen LogP contribution < -0.4 is 4.87 Å². The number of rotatable bonds is 7. The zero-order valence-electron chi connectivity index (χ0n) is 16.2. The van der Waals surface area contributed by atoms with Gasteiger partial charge in [-0.05, 0) is 35.7 Å². The summed E-state index contributed by atoms with van der Waals surface area (Å²) >= 11 is 2.81. The van der Waals surface area contributed by atoms with Crippen molar-refractivity contribution in [2.45, 2.75) is 26.0 Å². The van der Waals surface area contributed by atoms with Crippen LogP contribution in [0.4, 0.5) is 0 Å². The summed E-state index contributed by atoms with van der Waals surface area (Å²) in [5, 5.41) is 12.0. The Bertz CT molecular complexity index is 1180. The van der Waals surface area contributed by atoms with Crippen molar-refractivity contribution in [2.24, 2.45) is 0 Å². The maximum atomic E-state index is 12.2.